The largest absolute Gasteiger partial charge is 0.298 e. The van der Waals surface area contributed by atoms with E-state index in [4.69, 9.17) is 0 Å². The molecule has 1 rings (SSSR count). The van der Waals surface area contributed by atoms with E-state index in [1.165, 1.54) is 0 Å². The van der Waals surface area contributed by atoms with Gasteiger partial charge in [-0.2, -0.15) is 0 Å². The summed E-state index contributed by atoms with van der Waals surface area (Å²) in [6.45, 7) is 7.34. The van der Waals surface area contributed by atoms with Gasteiger partial charge in [-0.25, -0.2) is 0 Å². The average Bonchev–Trinajstić information content (AvgIpc) is 2.29. The summed E-state index contributed by atoms with van der Waals surface area (Å²) in [5.74, 6) is 0. The van der Waals surface area contributed by atoms with E-state index in [0.29, 0.717) is 5.56 Å². The van der Waals surface area contributed by atoms with Crippen molar-refractivity contribution in [3.8, 4) is 0 Å². The molecule has 0 N–H and O–H groups in total. The van der Waals surface area contributed by atoms with E-state index in [1.807, 2.05) is 24.3 Å². The maximum atomic E-state index is 10.6. The molecule has 0 atom stereocenters. The number of hydrogen-bond donors (Lipinski definition) is 0. The van der Waals surface area contributed by atoms with E-state index in [0.717, 1.165) is 16.1 Å². The lowest BCUT2D eigenvalue weighted by molar-refractivity contribution is 0.112. The number of allylic oxidation sites excluding steroid dienone is 3. The van der Waals surface area contributed by atoms with Crippen molar-refractivity contribution in [2.24, 2.45) is 0 Å². The summed E-state index contributed by atoms with van der Waals surface area (Å²) in [7, 11) is 0. The van der Waals surface area contributed by atoms with Crippen LogP contribution in [0.4, 0.5) is 0 Å². The summed E-state index contributed by atoms with van der Waals surface area (Å²) >= 11 is 1.56. The zero-order valence-electron chi connectivity index (χ0n) is 8.35. The summed E-state index contributed by atoms with van der Waals surface area (Å²) < 4.78 is 0. The molecular weight excluding hydrogens is 204 g/mol. The fourth-order valence-corrected chi connectivity index (χ4v) is 1.91. The molecular formula is C13H12OS. The highest BCUT2D eigenvalue weighted by Crippen LogP contribution is 2.27. The van der Waals surface area contributed by atoms with E-state index in [2.05, 4.69) is 13.2 Å². The van der Waals surface area contributed by atoms with Crippen LogP contribution in [0.5, 0.6) is 0 Å². The van der Waals surface area contributed by atoms with Crippen molar-refractivity contribution in [1.82, 2.24) is 0 Å². The Morgan fingerprint density at radius 2 is 2.13 bits per heavy atom. The number of hydrogen-bond acceptors (Lipinski definition) is 2. The van der Waals surface area contributed by atoms with Gasteiger partial charge in [0.1, 0.15) is 6.29 Å². The molecule has 1 nitrogen and oxygen atoms in total. The van der Waals surface area contributed by atoms with Crippen LogP contribution in [0, 0.1) is 0 Å². The Bertz CT molecular complexity index is 405. The van der Waals surface area contributed by atoms with Crippen LogP contribution < -0.4 is 0 Å². The summed E-state index contributed by atoms with van der Waals surface area (Å²) in [5, 5.41) is 0. The molecule has 0 spiro atoms. The van der Waals surface area contributed by atoms with Crippen molar-refractivity contribution in [1.29, 1.82) is 0 Å². The molecule has 0 heterocycles. The zero-order valence-corrected chi connectivity index (χ0v) is 9.17. The van der Waals surface area contributed by atoms with Crippen molar-refractivity contribution in [2.75, 3.05) is 0 Å². The van der Waals surface area contributed by atoms with Crippen LogP contribution in [0.1, 0.15) is 10.4 Å². The molecule has 0 amide bonds. The number of aldehydes is 1. The zero-order chi connectivity index (χ0) is 11.1. The van der Waals surface area contributed by atoms with Gasteiger partial charge in [-0.3, -0.25) is 4.79 Å². The summed E-state index contributed by atoms with van der Waals surface area (Å²) in [4.78, 5) is 12.6. The fourth-order valence-electron chi connectivity index (χ4n) is 1.05. The molecule has 1 aromatic rings. The lowest BCUT2D eigenvalue weighted by atomic mass is 10.2. The van der Waals surface area contributed by atoms with E-state index in [-0.39, 0.29) is 0 Å². The predicted molar refractivity (Wildman–Crippen MR) is 66.2 cm³/mol. The van der Waals surface area contributed by atoms with Crippen molar-refractivity contribution in [3.05, 3.63) is 66.1 Å². The SMILES string of the molecule is C=C/C=C(\C=C)Sc1cccc(C=O)c1. The maximum Gasteiger partial charge on any atom is 0.150 e. The Morgan fingerprint density at radius 1 is 1.33 bits per heavy atom. The van der Waals surface area contributed by atoms with E-state index < -0.39 is 0 Å². The van der Waals surface area contributed by atoms with Crippen molar-refractivity contribution < 1.29 is 4.79 Å². The van der Waals surface area contributed by atoms with Crippen LogP contribution in [0.3, 0.4) is 0 Å². The number of carbonyl (C=O) groups excluding carboxylic acids is 1. The Morgan fingerprint density at radius 3 is 2.73 bits per heavy atom. The number of rotatable bonds is 5. The van der Waals surface area contributed by atoms with Crippen LogP contribution in [0.15, 0.2) is 65.5 Å². The van der Waals surface area contributed by atoms with Gasteiger partial charge in [-0.1, -0.05) is 49.2 Å². The van der Waals surface area contributed by atoms with E-state index in [1.54, 1.807) is 30.0 Å². The van der Waals surface area contributed by atoms with Gasteiger partial charge >= 0.3 is 0 Å². The maximum absolute atomic E-state index is 10.6. The Kier molecular flexibility index (Phi) is 4.64. The first-order valence-corrected chi connectivity index (χ1v) is 5.30. The second kappa shape index (κ2) is 6.04. The van der Waals surface area contributed by atoms with Crippen molar-refractivity contribution in [3.63, 3.8) is 0 Å². The lowest BCUT2D eigenvalue weighted by Gasteiger charge is -2.01. The molecule has 0 aliphatic rings. The first-order chi connectivity index (χ1) is 7.30. The third kappa shape index (κ3) is 3.60. The van der Waals surface area contributed by atoms with E-state index >= 15 is 0 Å². The molecule has 2 heteroatoms. The lowest BCUT2D eigenvalue weighted by Crippen LogP contribution is -1.79. The summed E-state index contributed by atoms with van der Waals surface area (Å²) in [6, 6.07) is 7.44. The van der Waals surface area contributed by atoms with Gasteiger partial charge in [-0.15, -0.1) is 0 Å². The molecule has 0 aliphatic carbocycles. The highest BCUT2D eigenvalue weighted by atomic mass is 32.2. The molecule has 0 radical (unpaired) electrons. The number of thioether (sulfide) groups is 1. The quantitative estimate of drug-likeness (QED) is 0.422. The number of benzene rings is 1. The minimum atomic E-state index is 0.682. The Balaban J connectivity index is 2.87. The predicted octanol–water partition coefficient (Wildman–Crippen LogP) is 3.85. The molecule has 15 heavy (non-hydrogen) atoms. The monoisotopic (exact) mass is 216 g/mol. The average molecular weight is 216 g/mol. The molecule has 0 saturated heterocycles. The van der Waals surface area contributed by atoms with Gasteiger partial charge in [0.05, 0.1) is 0 Å². The van der Waals surface area contributed by atoms with Crippen LogP contribution in [-0.2, 0) is 0 Å². The van der Waals surface area contributed by atoms with Gasteiger partial charge in [0, 0.05) is 15.4 Å². The third-order valence-electron chi connectivity index (χ3n) is 1.71. The standard InChI is InChI=1S/C13H12OS/c1-3-6-12(4-2)15-13-8-5-7-11(9-13)10-14/h3-10H,1-2H2/b12-6+. The summed E-state index contributed by atoms with van der Waals surface area (Å²) in [6.07, 6.45) is 6.20. The second-order valence-corrected chi connectivity index (χ2v) is 3.95. The molecule has 0 saturated carbocycles. The Hall–Kier alpha value is -1.54. The molecule has 0 aromatic heterocycles. The topological polar surface area (TPSA) is 17.1 Å². The smallest absolute Gasteiger partial charge is 0.150 e. The summed E-state index contributed by atoms with van der Waals surface area (Å²) in [5.41, 5.74) is 0.682. The van der Waals surface area contributed by atoms with Gasteiger partial charge in [-0.05, 0) is 18.2 Å². The van der Waals surface area contributed by atoms with Crippen LogP contribution in [0.25, 0.3) is 0 Å². The van der Waals surface area contributed by atoms with Gasteiger partial charge in [0.2, 0.25) is 0 Å². The molecule has 1 aromatic carbocycles. The number of carbonyl (C=O) groups is 1. The highest BCUT2D eigenvalue weighted by molar-refractivity contribution is 8.03. The van der Waals surface area contributed by atoms with Crippen molar-refractivity contribution in [2.45, 2.75) is 4.90 Å². The third-order valence-corrected chi connectivity index (χ3v) is 2.74. The van der Waals surface area contributed by atoms with Crippen LogP contribution >= 0.6 is 11.8 Å². The Labute approximate surface area is 94.2 Å². The minimum Gasteiger partial charge on any atom is -0.298 e. The highest BCUT2D eigenvalue weighted by Gasteiger charge is 1.97. The van der Waals surface area contributed by atoms with Crippen LogP contribution in [0.2, 0.25) is 0 Å². The van der Waals surface area contributed by atoms with Crippen molar-refractivity contribution >= 4 is 18.0 Å². The first-order valence-electron chi connectivity index (χ1n) is 4.48. The van der Waals surface area contributed by atoms with Gasteiger partial charge in [0.15, 0.2) is 0 Å². The fraction of sp³-hybridized carbons (Fsp3) is 0. The van der Waals surface area contributed by atoms with Gasteiger partial charge in [0.25, 0.3) is 0 Å². The second-order valence-electron chi connectivity index (χ2n) is 2.80. The normalized spacial score (nSPS) is 10.8. The minimum absolute atomic E-state index is 0.682. The molecule has 0 aliphatic heterocycles. The van der Waals surface area contributed by atoms with E-state index in [9.17, 15) is 4.79 Å². The molecule has 0 unspecified atom stereocenters. The van der Waals surface area contributed by atoms with Crippen LogP contribution in [-0.4, -0.2) is 6.29 Å². The first kappa shape index (κ1) is 11.5. The molecule has 0 bridgehead atoms. The molecule has 76 valence electrons. The molecule has 0 fully saturated rings. The van der Waals surface area contributed by atoms with Gasteiger partial charge < -0.3 is 0 Å².